The molecular formula is C24H17ClN2O5S. The summed E-state index contributed by atoms with van der Waals surface area (Å²) in [5.74, 6) is 0.251. The van der Waals surface area contributed by atoms with Crippen LogP contribution in [0.3, 0.4) is 0 Å². The fraction of sp³-hybridized carbons (Fsp3) is 0.0833. The molecule has 0 bridgehead atoms. The fourth-order valence-electron chi connectivity index (χ4n) is 3.13. The maximum Gasteiger partial charge on any atom is 0.293 e. The molecule has 0 N–H and O–H groups in total. The van der Waals surface area contributed by atoms with E-state index < -0.39 is 4.92 Å². The first-order chi connectivity index (χ1) is 15.9. The number of rotatable bonds is 7. The molecule has 4 rings (SSSR count). The number of amides is 2. The number of imide groups is 1. The Balaban J connectivity index is 1.39. The van der Waals surface area contributed by atoms with Gasteiger partial charge in [-0.25, -0.2) is 0 Å². The van der Waals surface area contributed by atoms with Gasteiger partial charge in [-0.15, -0.1) is 0 Å². The highest BCUT2D eigenvalue weighted by molar-refractivity contribution is 8.18. The van der Waals surface area contributed by atoms with E-state index in [9.17, 15) is 19.7 Å². The van der Waals surface area contributed by atoms with E-state index in [1.54, 1.807) is 66.7 Å². The van der Waals surface area contributed by atoms with Crippen molar-refractivity contribution in [1.82, 2.24) is 4.90 Å². The number of nitro benzene ring substituents is 1. The summed E-state index contributed by atoms with van der Waals surface area (Å²) in [6.07, 6.45) is 1.66. The molecule has 0 unspecified atom stereocenters. The van der Waals surface area contributed by atoms with Gasteiger partial charge in [0, 0.05) is 17.2 Å². The molecular weight excluding hydrogens is 464 g/mol. The van der Waals surface area contributed by atoms with Crippen LogP contribution >= 0.6 is 23.4 Å². The molecule has 9 heteroatoms. The van der Waals surface area contributed by atoms with Gasteiger partial charge in [-0.2, -0.15) is 0 Å². The Morgan fingerprint density at radius 2 is 1.70 bits per heavy atom. The minimum atomic E-state index is -0.450. The molecule has 1 aliphatic heterocycles. The molecule has 0 radical (unpaired) electrons. The molecule has 7 nitrogen and oxygen atoms in total. The van der Waals surface area contributed by atoms with Crippen molar-refractivity contribution in [2.45, 2.75) is 13.2 Å². The summed E-state index contributed by atoms with van der Waals surface area (Å²) >= 11 is 7.05. The Kier molecular flexibility index (Phi) is 6.76. The van der Waals surface area contributed by atoms with E-state index in [4.69, 9.17) is 16.3 Å². The van der Waals surface area contributed by atoms with Gasteiger partial charge in [0.25, 0.3) is 16.8 Å². The number of halogens is 1. The normalized spacial score (nSPS) is 14.7. The van der Waals surface area contributed by atoms with E-state index in [-0.39, 0.29) is 30.0 Å². The molecule has 2 amide bonds. The second kappa shape index (κ2) is 9.89. The van der Waals surface area contributed by atoms with Gasteiger partial charge in [0.1, 0.15) is 12.4 Å². The summed E-state index contributed by atoms with van der Waals surface area (Å²) in [6, 6.07) is 20.3. The van der Waals surface area contributed by atoms with Gasteiger partial charge in [0.2, 0.25) is 0 Å². The van der Waals surface area contributed by atoms with E-state index in [0.717, 1.165) is 22.9 Å². The van der Waals surface area contributed by atoms with Crippen molar-refractivity contribution >= 4 is 46.3 Å². The summed E-state index contributed by atoms with van der Waals surface area (Å²) in [5.41, 5.74) is 2.29. The molecule has 1 fully saturated rings. The van der Waals surface area contributed by atoms with Crippen LogP contribution in [0.5, 0.6) is 5.75 Å². The van der Waals surface area contributed by atoms with E-state index in [0.29, 0.717) is 21.2 Å². The smallest absolute Gasteiger partial charge is 0.293 e. The van der Waals surface area contributed by atoms with Crippen molar-refractivity contribution in [2.24, 2.45) is 0 Å². The van der Waals surface area contributed by atoms with Crippen molar-refractivity contribution in [2.75, 3.05) is 0 Å². The minimum absolute atomic E-state index is 0.0272. The Hall–Kier alpha value is -3.62. The van der Waals surface area contributed by atoms with Crippen LogP contribution in [0.15, 0.2) is 77.7 Å². The van der Waals surface area contributed by atoms with Crippen molar-refractivity contribution in [3.8, 4) is 5.75 Å². The molecule has 0 spiro atoms. The Labute approximate surface area is 198 Å². The minimum Gasteiger partial charge on any atom is -0.489 e. The number of non-ortho nitro benzene ring substituents is 1. The molecule has 0 aromatic heterocycles. The van der Waals surface area contributed by atoms with E-state index in [2.05, 4.69) is 0 Å². The van der Waals surface area contributed by atoms with Crippen molar-refractivity contribution in [3.05, 3.63) is 110 Å². The van der Waals surface area contributed by atoms with Gasteiger partial charge in [-0.1, -0.05) is 41.9 Å². The lowest BCUT2D eigenvalue weighted by molar-refractivity contribution is -0.384. The topological polar surface area (TPSA) is 89.7 Å². The van der Waals surface area contributed by atoms with Crippen LogP contribution in [0.4, 0.5) is 10.5 Å². The van der Waals surface area contributed by atoms with Gasteiger partial charge < -0.3 is 4.74 Å². The van der Waals surface area contributed by atoms with Gasteiger partial charge in [0.15, 0.2) is 0 Å². The first-order valence-electron chi connectivity index (χ1n) is 9.86. The number of nitro groups is 1. The average molecular weight is 481 g/mol. The number of thioether (sulfide) groups is 1. The van der Waals surface area contributed by atoms with Gasteiger partial charge in [-0.3, -0.25) is 24.6 Å². The molecule has 1 aliphatic rings. The predicted octanol–water partition coefficient (Wildman–Crippen LogP) is 6.06. The Morgan fingerprint density at radius 1 is 1.00 bits per heavy atom. The third-order valence-electron chi connectivity index (χ3n) is 4.89. The van der Waals surface area contributed by atoms with E-state index >= 15 is 0 Å². The van der Waals surface area contributed by atoms with E-state index in [1.165, 1.54) is 17.0 Å². The molecule has 0 saturated carbocycles. The summed E-state index contributed by atoms with van der Waals surface area (Å²) in [6.45, 7) is 0.384. The number of hydrogen-bond donors (Lipinski definition) is 0. The first-order valence-corrected chi connectivity index (χ1v) is 11.0. The number of nitrogens with zero attached hydrogens (tertiary/aromatic N) is 2. The zero-order valence-electron chi connectivity index (χ0n) is 17.1. The second-order valence-corrected chi connectivity index (χ2v) is 8.54. The monoisotopic (exact) mass is 480 g/mol. The molecule has 1 heterocycles. The third kappa shape index (κ3) is 5.42. The number of ether oxygens (including phenoxy) is 1. The van der Waals surface area contributed by atoms with Crippen LogP contribution in [0.1, 0.15) is 16.7 Å². The standard InChI is InChI=1S/C24H17ClN2O5S/c25-21-4-2-1-3-18(21)14-26-23(28)22(33-24(26)29)13-16-7-11-20(12-8-16)32-15-17-5-9-19(10-6-17)27(30)31/h1-13H,14-15H2/b22-13-. The molecule has 3 aromatic rings. The Bertz CT molecular complexity index is 1240. The third-order valence-corrected chi connectivity index (χ3v) is 6.17. The molecule has 33 heavy (non-hydrogen) atoms. The van der Waals surface area contributed by atoms with Crippen LogP contribution in [0, 0.1) is 10.1 Å². The fourth-order valence-corrected chi connectivity index (χ4v) is 4.16. The lowest BCUT2D eigenvalue weighted by Crippen LogP contribution is -2.27. The van der Waals surface area contributed by atoms with Crippen LogP contribution < -0.4 is 4.74 Å². The lowest BCUT2D eigenvalue weighted by Gasteiger charge is -2.13. The predicted molar refractivity (Wildman–Crippen MR) is 127 cm³/mol. The highest BCUT2D eigenvalue weighted by Gasteiger charge is 2.35. The SMILES string of the molecule is O=C1S/C(=C\c2ccc(OCc3ccc([N+](=O)[O-])cc3)cc2)C(=O)N1Cc1ccccc1Cl. The zero-order chi connectivity index (χ0) is 23.4. The summed E-state index contributed by atoms with van der Waals surface area (Å²) in [7, 11) is 0. The first kappa shape index (κ1) is 22.6. The number of benzene rings is 3. The molecule has 0 atom stereocenters. The Morgan fingerprint density at radius 3 is 2.36 bits per heavy atom. The van der Waals surface area contributed by atoms with Gasteiger partial charge in [0.05, 0.1) is 16.4 Å². The maximum absolute atomic E-state index is 12.7. The van der Waals surface area contributed by atoms with Crippen molar-refractivity contribution < 1.29 is 19.2 Å². The summed E-state index contributed by atoms with van der Waals surface area (Å²) in [4.78, 5) is 36.9. The molecule has 3 aromatic carbocycles. The summed E-state index contributed by atoms with van der Waals surface area (Å²) < 4.78 is 5.71. The van der Waals surface area contributed by atoms with Gasteiger partial charge >= 0.3 is 0 Å². The van der Waals surface area contributed by atoms with Crippen molar-refractivity contribution in [1.29, 1.82) is 0 Å². The van der Waals surface area contributed by atoms with Crippen molar-refractivity contribution in [3.63, 3.8) is 0 Å². The van der Waals surface area contributed by atoms with Crippen LogP contribution in [0.25, 0.3) is 6.08 Å². The maximum atomic E-state index is 12.7. The molecule has 0 aliphatic carbocycles. The number of hydrogen-bond acceptors (Lipinski definition) is 6. The largest absolute Gasteiger partial charge is 0.489 e. The van der Waals surface area contributed by atoms with Crippen LogP contribution in [-0.4, -0.2) is 21.0 Å². The second-order valence-electron chi connectivity index (χ2n) is 7.14. The van der Waals surface area contributed by atoms with Crippen LogP contribution in [0.2, 0.25) is 5.02 Å². The highest BCUT2D eigenvalue weighted by Crippen LogP contribution is 2.34. The molecule has 1 saturated heterocycles. The van der Waals surface area contributed by atoms with E-state index in [1.807, 2.05) is 0 Å². The zero-order valence-corrected chi connectivity index (χ0v) is 18.7. The van der Waals surface area contributed by atoms with Crippen LogP contribution in [-0.2, 0) is 17.9 Å². The summed E-state index contributed by atoms with van der Waals surface area (Å²) in [5, 5.41) is 10.9. The quantitative estimate of drug-likeness (QED) is 0.232. The molecule has 166 valence electrons. The highest BCUT2D eigenvalue weighted by atomic mass is 35.5. The average Bonchev–Trinajstić information content (AvgIpc) is 3.07. The van der Waals surface area contributed by atoms with Gasteiger partial charge in [-0.05, 0) is 64.9 Å². The number of carbonyl (C=O) groups is 2. The number of carbonyl (C=O) groups excluding carboxylic acids is 2. The lowest BCUT2D eigenvalue weighted by atomic mass is 10.2.